The van der Waals surface area contributed by atoms with Crippen molar-refractivity contribution in [1.82, 2.24) is 14.5 Å². The van der Waals surface area contributed by atoms with Crippen LogP contribution in [0.2, 0.25) is 19.6 Å². The number of para-hydroxylation sites is 2. The van der Waals surface area contributed by atoms with Gasteiger partial charge in [-0.15, -0.1) is 0 Å². The molecule has 0 unspecified atom stereocenters. The van der Waals surface area contributed by atoms with Crippen LogP contribution in [0.4, 0.5) is 0 Å². The number of pyridine rings is 1. The molecule has 0 fully saturated rings. The molecular weight excluding hydrogens is 735 g/mol. The Kier molecular flexibility index (Phi) is 10.9. The maximum atomic E-state index is 11.3. The number of aromatic hydroxyl groups is 1. The lowest BCUT2D eigenvalue weighted by atomic mass is 9.78. The molecule has 5 aromatic carbocycles. The Morgan fingerprint density at radius 2 is 1.24 bits per heavy atom. The lowest BCUT2D eigenvalue weighted by molar-refractivity contribution is 0.477. The van der Waals surface area contributed by atoms with E-state index < -0.39 is 8.07 Å². The summed E-state index contributed by atoms with van der Waals surface area (Å²) in [6.45, 7) is 32.2. The molecule has 2 heterocycles. The normalized spacial score (nSPS) is 12.5. The molecular formula is C54H63N3OSi. The van der Waals surface area contributed by atoms with Crippen molar-refractivity contribution < 1.29 is 5.11 Å². The van der Waals surface area contributed by atoms with Gasteiger partial charge in [0.15, 0.2) is 0 Å². The third-order valence-corrected chi connectivity index (χ3v) is 13.7. The van der Waals surface area contributed by atoms with E-state index in [-0.39, 0.29) is 16.6 Å². The molecule has 0 radical (unpaired) electrons. The topological polar surface area (TPSA) is 50.9 Å². The molecule has 0 saturated heterocycles. The molecule has 304 valence electrons. The molecule has 0 saturated carbocycles. The minimum atomic E-state index is -1.64. The first-order chi connectivity index (χ1) is 27.6. The lowest BCUT2D eigenvalue weighted by Gasteiger charge is -2.26. The van der Waals surface area contributed by atoms with Crippen molar-refractivity contribution in [2.45, 2.75) is 113 Å². The van der Waals surface area contributed by atoms with Crippen LogP contribution in [0.3, 0.4) is 0 Å². The minimum absolute atomic E-state index is 0.0273. The summed E-state index contributed by atoms with van der Waals surface area (Å²) < 4.78 is 2.25. The second-order valence-electron chi connectivity index (χ2n) is 20.4. The number of fused-ring (bicyclic) bond motifs is 1. The SMILES string of the molecule is Cc1cc(C)c(-n2c(-c3ccccc3O)nc3c(-c4cc(-c5cc(C(C)(C)C)cc(C(C)(C)C)c5)cc(-c5cc(CC(C)C)c([Si](C)(C)C)cn5)c4)cccc32)c(C)c1. The van der Waals surface area contributed by atoms with E-state index in [1.165, 1.54) is 33.0 Å². The Bertz CT molecular complexity index is 2660. The number of phenolic OH excluding ortho intramolecular Hbond substituents is 1. The first kappa shape index (κ1) is 41.9. The highest BCUT2D eigenvalue weighted by molar-refractivity contribution is 6.89. The number of aryl methyl sites for hydroxylation is 3. The van der Waals surface area contributed by atoms with Crippen LogP contribution in [0.25, 0.3) is 61.6 Å². The summed E-state index contributed by atoms with van der Waals surface area (Å²) in [5, 5.41) is 12.7. The maximum absolute atomic E-state index is 11.3. The number of nitrogens with zero attached hydrogens (tertiary/aromatic N) is 3. The smallest absolute Gasteiger partial charge is 0.149 e. The van der Waals surface area contributed by atoms with Crippen LogP contribution in [0.15, 0.2) is 103 Å². The van der Waals surface area contributed by atoms with Gasteiger partial charge in [0.1, 0.15) is 11.6 Å². The second-order valence-corrected chi connectivity index (χ2v) is 25.4. The summed E-state index contributed by atoms with van der Waals surface area (Å²) in [4.78, 5) is 10.7. The first-order valence-electron chi connectivity index (χ1n) is 21.3. The van der Waals surface area contributed by atoms with Crippen LogP contribution in [0.1, 0.15) is 88.8 Å². The summed E-state index contributed by atoms with van der Waals surface area (Å²) in [6.07, 6.45) is 3.20. The highest BCUT2D eigenvalue weighted by Gasteiger charge is 2.26. The summed E-state index contributed by atoms with van der Waals surface area (Å²) in [6, 6.07) is 35.1. The summed E-state index contributed by atoms with van der Waals surface area (Å²) in [7, 11) is -1.64. The van der Waals surface area contributed by atoms with E-state index >= 15 is 0 Å². The van der Waals surface area contributed by atoms with Crippen molar-refractivity contribution in [3.8, 4) is 56.3 Å². The Balaban J connectivity index is 1.57. The fraction of sp³-hybridized carbons (Fsp3) is 0.333. The molecule has 2 aromatic heterocycles. The predicted molar refractivity (Wildman–Crippen MR) is 255 cm³/mol. The van der Waals surface area contributed by atoms with Gasteiger partial charge in [0.05, 0.1) is 36.1 Å². The molecule has 0 aliphatic rings. The van der Waals surface area contributed by atoms with Crippen LogP contribution >= 0.6 is 0 Å². The number of hydrogen-bond acceptors (Lipinski definition) is 3. The van der Waals surface area contributed by atoms with Gasteiger partial charge in [-0.3, -0.25) is 9.55 Å². The summed E-state index contributed by atoms with van der Waals surface area (Å²) in [5.74, 6) is 1.45. The number of aromatic nitrogens is 3. The Hall–Kier alpha value is -5.26. The average molecular weight is 798 g/mol. The molecule has 1 N–H and O–H groups in total. The molecule has 59 heavy (non-hydrogen) atoms. The van der Waals surface area contributed by atoms with E-state index in [2.05, 4.69) is 179 Å². The Morgan fingerprint density at radius 3 is 1.83 bits per heavy atom. The van der Waals surface area contributed by atoms with Crippen molar-refractivity contribution in [3.05, 3.63) is 137 Å². The van der Waals surface area contributed by atoms with Crippen molar-refractivity contribution >= 4 is 24.3 Å². The lowest BCUT2D eigenvalue weighted by Crippen LogP contribution is -2.40. The van der Waals surface area contributed by atoms with Gasteiger partial charge in [0, 0.05) is 17.3 Å². The predicted octanol–water partition coefficient (Wildman–Crippen LogP) is 14.1. The second kappa shape index (κ2) is 15.4. The van der Waals surface area contributed by atoms with E-state index in [0.717, 1.165) is 62.2 Å². The maximum Gasteiger partial charge on any atom is 0.149 e. The van der Waals surface area contributed by atoms with Gasteiger partial charge in [0.2, 0.25) is 0 Å². The van der Waals surface area contributed by atoms with E-state index in [4.69, 9.17) is 9.97 Å². The van der Waals surface area contributed by atoms with Crippen molar-refractivity contribution in [2.75, 3.05) is 0 Å². The zero-order valence-electron chi connectivity index (χ0n) is 37.9. The summed E-state index contributed by atoms with van der Waals surface area (Å²) >= 11 is 0. The zero-order chi connectivity index (χ0) is 42.8. The first-order valence-corrected chi connectivity index (χ1v) is 24.8. The molecule has 0 aliphatic heterocycles. The summed E-state index contributed by atoms with van der Waals surface area (Å²) in [5.41, 5.74) is 17.7. The monoisotopic (exact) mass is 797 g/mol. The molecule has 0 atom stereocenters. The third-order valence-electron chi connectivity index (χ3n) is 11.7. The molecule has 4 nitrogen and oxygen atoms in total. The van der Waals surface area contributed by atoms with Crippen LogP contribution in [0, 0.1) is 26.7 Å². The van der Waals surface area contributed by atoms with E-state index in [1.54, 1.807) is 6.07 Å². The number of rotatable bonds is 8. The molecule has 7 rings (SSSR count). The van der Waals surface area contributed by atoms with Crippen molar-refractivity contribution in [2.24, 2.45) is 5.92 Å². The van der Waals surface area contributed by atoms with Gasteiger partial charge in [-0.1, -0.05) is 135 Å². The van der Waals surface area contributed by atoms with Gasteiger partial charge in [0.25, 0.3) is 0 Å². The molecule has 0 aliphatic carbocycles. The molecule has 0 amide bonds. The van der Waals surface area contributed by atoms with Crippen LogP contribution in [-0.2, 0) is 17.3 Å². The van der Waals surface area contributed by atoms with E-state index in [1.807, 2.05) is 18.2 Å². The molecule has 0 bridgehead atoms. The quantitative estimate of drug-likeness (QED) is 0.156. The highest BCUT2D eigenvalue weighted by Crippen LogP contribution is 2.42. The fourth-order valence-electron chi connectivity index (χ4n) is 8.62. The standard InChI is InChI=1S/C54H63N3OSi/c1-33(2)22-41-30-46(55-32-49(41)59(12,13)14)40-26-37(38-28-42(53(6,7)8)31-43(29-38)54(9,10)11)25-39(27-40)44-19-17-20-47-50(44)56-52(45-18-15-16-21-48(45)58)57(47)51-35(4)23-34(3)24-36(51)5/h15-21,23-33,58H,22H2,1-14H3. The third kappa shape index (κ3) is 8.45. The fourth-order valence-corrected chi connectivity index (χ4v) is 10.2. The number of benzene rings is 5. The van der Waals surface area contributed by atoms with Crippen molar-refractivity contribution in [1.29, 1.82) is 0 Å². The average Bonchev–Trinajstić information content (AvgIpc) is 3.51. The number of imidazole rings is 1. The van der Waals surface area contributed by atoms with Gasteiger partial charge in [-0.2, -0.15) is 0 Å². The highest BCUT2D eigenvalue weighted by atomic mass is 28.3. The largest absolute Gasteiger partial charge is 0.507 e. The molecule has 7 aromatic rings. The van der Waals surface area contributed by atoms with E-state index in [0.29, 0.717) is 17.3 Å². The van der Waals surface area contributed by atoms with E-state index in [9.17, 15) is 5.11 Å². The number of hydrogen-bond donors (Lipinski definition) is 1. The van der Waals surface area contributed by atoms with Gasteiger partial charge in [-0.25, -0.2) is 4.98 Å². The van der Waals surface area contributed by atoms with Crippen LogP contribution in [0.5, 0.6) is 5.75 Å². The zero-order valence-corrected chi connectivity index (χ0v) is 38.9. The minimum Gasteiger partial charge on any atom is -0.507 e. The molecule has 0 spiro atoms. The van der Waals surface area contributed by atoms with Crippen LogP contribution in [-0.4, -0.2) is 27.7 Å². The Morgan fingerprint density at radius 1 is 0.661 bits per heavy atom. The van der Waals surface area contributed by atoms with Crippen LogP contribution < -0.4 is 5.19 Å². The van der Waals surface area contributed by atoms with Gasteiger partial charge < -0.3 is 5.11 Å². The van der Waals surface area contributed by atoms with Gasteiger partial charge >= 0.3 is 0 Å². The molecule has 5 heteroatoms. The number of phenols is 1. The Labute approximate surface area is 354 Å². The van der Waals surface area contributed by atoms with Crippen molar-refractivity contribution in [3.63, 3.8) is 0 Å². The van der Waals surface area contributed by atoms with Gasteiger partial charge in [-0.05, 0) is 136 Å².